The molecule has 1 rings (SSSR count). The number of hydrogen-bond acceptors (Lipinski definition) is 4. The molecule has 15 heavy (non-hydrogen) atoms. The van der Waals surface area contributed by atoms with E-state index in [0.29, 0.717) is 5.89 Å². The summed E-state index contributed by atoms with van der Waals surface area (Å²) < 4.78 is 18.5. The highest BCUT2D eigenvalue weighted by Gasteiger charge is 2.11. The summed E-state index contributed by atoms with van der Waals surface area (Å²) in [6.45, 7) is 6.40. The first-order chi connectivity index (χ1) is 7.04. The van der Waals surface area contributed by atoms with Crippen molar-refractivity contribution >= 4 is 5.57 Å². The molecule has 0 aliphatic rings. The van der Waals surface area contributed by atoms with Crippen molar-refractivity contribution in [3.05, 3.63) is 42.1 Å². The molecule has 0 radical (unpaired) electrons. The molecule has 0 aliphatic carbocycles. The van der Waals surface area contributed by atoms with Gasteiger partial charge in [-0.15, -0.1) is 10.2 Å². The minimum Gasteiger partial charge on any atom is -0.513 e. The van der Waals surface area contributed by atoms with Crippen molar-refractivity contribution in [1.82, 2.24) is 10.2 Å². The van der Waals surface area contributed by atoms with Gasteiger partial charge in [0.2, 0.25) is 5.89 Å². The summed E-state index contributed by atoms with van der Waals surface area (Å²) in [5.41, 5.74) is 0.0593. The Morgan fingerprint density at radius 3 is 2.60 bits per heavy atom. The fourth-order valence-corrected chi connectivity index (χ4v) is 0.954. The lowest BCUT2D eigenvalue weighted by molar-refractivity contribution is 0.411. The molecule has 0 aromatic carbocycles. The first-order valence-electron chi connectivity index (χ1n) is 4.24. The second kappa shape index (κ2) is 4.54. The van der Waals surface area contributed by atoms with Crippen molar-refractivity contribution in [3.8, 4) is 0 Å². The maximum absolute atomic E-state index is 13.5. The number of aliphatic hydroxyl groups is 1. The van der Waals surface area contributed by atoms with Gasteiger partial charge in [0.05, 0.1) is 11.3 Å². The molecule has 0 atom stereocenters. The maximum Gasteiger partial charge on any atom is 0.250 e. The van der Waals surface area contributed by atoms with Crippen LogP contribution in [0.3, 0.4) is 0 Å². The van der Waals surface area contributed by atoms with E-state index in [9.17, 15) is 4.39 Å². The summed E-state index contributed by atoms with van der Waals surface area (Å²) >= 11 is 0. The number of halogens is 1. The average Bonchev–Trinajstić information content (AvgIpc) is 2.51. The minimum absolute atomic E-state index is 0.0394. The van der Waals surface area contributed by atoms with Gasteiger partial charge in [0.1, 0.15) is 5.83 Å². The van der Waals surface area contributed by atoms with Crippen LogP contribution >= 0.6 is 0 Å². The molecule has 0 spiro atoms. The fourth-order valence-electron chi connectivity index (χ4n) is 0.954. The molecule has 4 nitrogen and oxygen atoms in total. The lowest BCUT2D eigenvalue weighted by atomic mass is 10.2. The van der Waals surface area contributed by atoms with Gasteiger partial charge in [0.15, 0.2) is 0 Å². The Labute approximate surface area is 86.4 Å². The highest BCUT2D eigenvalue weighted by molar-refractivity contribution is 5.71. The van der Waals surface area contributed by atoms with Gasteiger partial charge in [-0.05, 0) is 6.92 Å². The van der Waals surface area contributed by atoms with Crippen LogP contribution in [0.1, 0.15) is 18.7 Å². The van der Waals surface area contributed by atoms with Gasteiger partial charge in [-0.1, -0.05) is 12.7 Å². The van der Waals surface area contributed by atoms with Crippen LogP contribution in [-0.4, -0.2) is 15.3 Å². The second-order valence-electron chi connectivity index (χ2n) is 2.88. The van der Waals surface area contributed by atoms with E-state index in [1.54, 1.807) is 6.92 Å². The van der Waals surface area contributed by atoms with Crippen LogP contribution in [0.5, 0.6) is 0 Å². The molecule has 1 N–H and O–H groups in total. The average molecular weight is 210 g/mol. The van der Waals surface area contributed by atoms with Crippen molar-refractivity contribution in [2.45, 2.75) is 13.8 Å². The van der Waals surface area contributed by atoms with Crippen molar-refractivity contribution in [1.29, 1.82) is 0 Å². The van der Waals surface area contributed by atoms with Crippen molar-refractivity contribution in [2.75, 3.05) is 0 Å². The number of nitrogens with zero attached hydrogens (tertiary/aromatic N) is 2. The van der Waals surface area contributed by atoms with E-state index in [-0.39, 0.29) is 17.2 Å². The maximum atomic E-state index is 13.5. The van der Waals surface area contributed by atoms with Gasteiger partial charge < -0.3 is 9.52 Å². The van der Waals surface area contributed by atoms with Crippen LogP contribution in [0.4, 0.5) is 4.39 Å². The van der Waals surface area contributed by atoms with Gasteiger partial charge >= 0.3 is 0 Å². The lowest BCUT2D eigenvalue weighted by Gasteiger charge is -1.96. The molecule has 5 heteroatoms. The van der Waals surface area contributed by atoms with Crippen LogP contribution < -0.4 is 0 Å². The van der Waals surface area contributed by atoms with Gasteiger partial charge in [-0.3, -0.25) is 0 Å². The standard InChI is InChI=1S/C10H11FN2O2/c1-4-8(9(11)5-6(2)14)10-13-12-7(3)15-10/h4-5,14H,1H2,2-3H3/b6-5+,9-8-. The van der Waals surface area contributed by atoms with E-state index in [1.165, 1.54) is 13.0 Å². The van der Waals surface area contributed by atoms with Crippen LogP contribution in [0.15, 0.2) is 34.7 Å². The largest absolute Gasteiger partial charge is 0.513 e. The summed E-state index contributed by atoms with van der Waals surface area (Å²) in [6, 6.07) is 0. The Hall–Kier alpha value is -1.91. The summed E-state index contributed by atoms with van der Waals surface area (Å²) in [7, 11) is 0. The Bertz CT molecular complexity index is 428. The molecular weight excluding hydrogens is 199 g/mol. The second-order valence-corrected chi connectivity index (χ2v) is 2.88. The Morgan fingerprint density at radius 2 is 2.20 bits per heavy atom. The molecule has 1 heterocycles. The van der Waals surface area contributed by atoms with Gasteiger partial charge in [-0.2, -0.15) is 0 Å². The topological polar surface area (TPSA) is 59.2 Å². The smallest absolute Gasteiger partial charge is 0.250 e. The highest BCUT2D eigenvalue weighted by Crippen LogP contribution is 2.21. The first kappa shape index (κ1) is 11.2. The molecule has 0 saturated heterocycles. The normalized spacial score (nSPS) is 13.7. The Balaban J connectivity index is 3.18. The van der Waals surface area contributed by atoms with Crippen LogP contribution in [0.2, 0.25) is 0 Å². The predicted octanol–water partition coefficient (Wildman–Crippen LogP) is 2.71. The predicted molar refractivity (Wildman–Crippen MR) is 53.6 cm³/mol. The van der Waals surface area contributed by atoms with E-state index in [4.69, 9.17) is 9.52 Å². The molecular formula is C10H11FN2O2. The molecule has 80 valence electrons. The van der Waals surface area contributed by atoms with Crippen molar-refractivity contribution < 1.29 is 13.9 Å². The molecule has 0 amide bonds. The van der Waals surface area contributed by atoms with E-state index in [0.717, 1.165) is 6.08 Å². The van der Waals surface area contributed by atoms with Crippen LogP contribution in [-0.2, 0) is 0 Å². The minimum atomic E-state index is -0.673. The summed E-state index contributed by atoms with van der Waals surface area (Å²) in [5, 5.41) is 16.1. The van der Waals surface area contributed by atoms with Gasteiger partial charge in [0.25, 0.3) is 5.89 Å². The van der Waals surface area contributed by atoms with Crippen molar-refractivity contribution in [2.24, 2.45) is 0 Å². The SMILES string of the molecule is C=C/C(=C(F)\C=C(/C)O)c1nnc(C)o1. The Morgan fingerprint density at radius 1 is 1.53 bits per heavy atom. The third kappa shape index (κ3) is 2.77. The van der Waals surface area contributed by atoms with Crippen molar-refractivity contribution in [3.63, 3.8) is 0 Å². The number of aryl methyl sites for hydroxylation is 1. The third-order valence-corrected chi connectivity index (χ3v) is 1.55. The first-order valence-corrected chi connectivity index (χ1v) is 4.24. The highest BCUT2D eigenvalue weighted by atomic mass is 19.1. The van der Waals surface area contributed by atoms with E-state index < -0.39 is 5.83 Å². The van der Waals surface area contributed by atoms with E-state index in [1.807, 2.05) is 0 Å². The molecule has 0 bridgehead atoms. The van der Waals surface area contributed by atoms with Crippen LogP contribution in [0, 0.1) is 6.92 Å². The quantitative estimate of drug-likeness (QED) is 0.615. The van der Waals surface area contributed by atoms with Gasteiger partial charge in [0, 0.05) is 13.0 Å². The number of allylic oxidation sites excluding steroid dienone is 5. The van der Waals surface area contributed by atoms with E-state index >= 15 is 0 Å². The molecule has 0 unspecified atom stereocenters. The number of aliphatic hydroxyl groups excluding tert-OH is 1. The molecule has 1 aromatic heterocycles. The zero-order chi connectivity index (χ0) is 11.4. The molecule has 0 aliphatic heterocycles. The zero-order valence-electron chi connectivity index (χ0n) is 8.49. The van der Waals surface area contributed by atoms with Gasteiger partial charge in [-0.25, -0.2) is 4.39 Å². The lowest BCUT2D eigenvalue weighted by Crippen LogP contribution is -1.85. The summed E-state index contributed by atoms with van der Waals surface area (Å²) in [4.78, 5) is 0. The molecule has 0 fully saturated rings. The van der Waals surface area contributed by atoms with Crippen LogP contribution in [0.25, 0.3) is 5.57 Å². The molecule has 0 saturated carbocycles. The number of hydrogen-bond donors (Lipinski definition) is 1. The van der Waals surface area contributed by atoms with E-state index in [2.05, 4.69) is 16.8 Å². The molecule has 1 aromatic rings. The summed E-state index contributed by atoms with van der Waals surface area (Å²) in [5.74, 6) is -0.448. The Kier molecular flexibility index (Phi) is 3.38. The third-order valence-electron chi connectivity index (χ3n) is 1.55. The fraction of sp³-hybridized carbons (Fsp3) is 0.200. The number of rotatable bonds is 3. The monoisotopic (exact) mass is 210 g/mol. The zero-order valence-corrected chi connectivity index (χ0v) is 8.49. The summed E-state index contributed by atoms with van der Waals surface area (Å²) in [6.07, 6.45) is 2.21. The number of aromatic nitrogens is 2.